The third-order valence-electron chi connectivity index (χ3n) is 1.43. The van der Waals surface area contributed by atoms with Gasteiger partial charge in [-0.05, 0) is 0 Å². The van der Waals surface area contributed by atoms with Gasteiger partial charge in [0.05, 0.1) is 0 Å². The highest BCUT2D eigenvalue weighted by molar-refractivity contribution is 7.13. The lowest BCUT2D eigenvalue weighted by molar-refractivity contribution is -0.163. The average Bonchev–Trinajstić information content (AvgIpc) is 2.64. The number of alkyl halides is 1. The molecule has 0 aliphatic rings. The highest BCUT2D eigenvalue weighted by Gasteiger charge is 2.20. The molecular formula is C7H7FN4O4S. The fraction of sp³-hybridized carbons (Fsp3) is 0.143. The molecular weight excluding hydrogens is 255 g/mol. The van der Waals surface area contributed by atoms with Crippen LogP contribution >= 0.6 is 11.3 Å². The highest BCUT2D eigenvalue weighted by atomic mass is 32.1. The van der Waals surface area contributed by atoms with Gasteiger partial charge in [-0.2, -0.15) is 4.39 Å². The third-order valence-corrected chi connectivity index (χ3v) is 2.10. The van der Waals surface area contributed by atoms with Crippen molar-refractivity contribution >= 4 is 34.1 Å². The molecule has 0 saturated carbocycles. The van der Waals surface area contributed by atoms with Crippen LogP contribution in [0.5, 0.6) is 0 Å². The van der Waals surface area contributed by atoms with Gasteiger partial charge in [-0.25, -0.2) is 9.78 Å². The lowest BCUT2D eigenvalue weighted by Gasteiger charge is -2.01. The Balaban J connectivity index is 2.90. The molecule has 0 aliphatic carbocycles. The average molecular weight is 262 g/mol. The van der Waals surface area contributed by atoms with E-state index in [2.05, 4.69) is 15.0 Å². The number of nitrogens with two attached hydrogens (primary N) is 2. The maximum absolute atomic E-state index is 12.5. The predicted octanol–water partition coefficient (Wildman–Crippen LogP) is -0.688. The molecule has 1 rings (SSSR count). The second kappa shape index (κ2) is 5.21. The number of thiazole rings is 1. The number of rotatable bonds is 5. The van der Waals surface area contributed by atoms with E-state index in [1.807, 2.05) is 0 Å². The number of nitrogens with zero attached hydrogens (tertiary/aromatic N) is 2. The van der Waals surface area contributed by atoms with Gasteiger partial charge in [0.2, 0.25) is 0 Å². The zero-order valence-corrected chi connectivity index (χ0v) is 8.98. The molecule has 8 nitrogen and oxygen atoms in total. The first kappa shape index (κ1) is 12.8. The molecule has 0 aliphatic heterocycles. The molecule has 0 spiro atoms. The Kier molecular flexibility index (Phi) is 3.93. The molecule has 1 amide bonds. The number of primary amides is 1. The Labute approximate surface area is 97.7 Å². The van der Waals surface area contributed by atoms with Crippen LogP contribution in [0.15, 0.2) is 10.5 Å². The topological polar surface area (TPSA) is 141 Å². The molecule has 5 N–H and O–H groups in total. The number of carboxylic acid groups (broad SMARTS) is 1. The van der Waals surface area contributed by atoms with Crippen molar-refractivity contribution in [1.29, 1.82) is 0 Å². The maximum Gasteiger partial charge on any atom is 0.381 e. The summed E-state index contributed by atoms with van der Waals surface area (Å²) in [4.78, 5) is 28.7. The molecule has 17 heavy (non-hydrogen) atoms. The van der Waals surface area contributed by atoms with Gasteiger partial charge in [0, 0.05) is 5.38 Å². The van der Waals surface area contributed by atoms with Crippen molar-refractivity contribution in [1.82, 2.24) is 4.98 Å². The number of aromatic nitrogens is 1. The second-order valence-corrected chi connectivity index (χ2v) is 3.52. The number of hydrogen-bond acceptors (Lipinski definition) is 7. The van der Waals surface area contributed by atoms with Crippen molar-refractivity contribution in [2.45, 2.75) is 6.36 Å². The van der Waals surface area contributed by atoms with Crippen molar-refractivity contribution in [2.75, 3.05) is 5.73 Å². The summed E-state index contributed by atoms with van der Waals surface area (Å²) in [5.74, 6) is -2.93. The van der Waals surface area contributed by atoms with Gasteiger partial charge in [0.25, 0.3) is 5.91 Å². The van der Waals surface area contributed by atoms with E-state index in [0.29, 0.717) is 0 Å². The second-order valence-electron chi connectivity index (χ2n) is 2.63. The Hall–Kier alpha value is -2.23. The molecule has 0 aromatic carbocycles. The molecule has 1 aromatic rings. The maximum atomic E-state index is 12.5. The first-order valence-electron chi connectivity index (χ1n) is 4.03. The van der Waals surface area contributed by atoms with Crippen molar-refractivity contribution in [3.63, 3.8) is 0 Å². The van der Waals surface area contributed by atoms with Crippen LogP contribution in [0.1, 0.15) is 5.69 Å². The van der Waals surface area contributed by atoms with Crippen LogP contribution in [0, 0.1) is 0 Å². The normalized spacial score (nSPS) is 13.1. The number of amides is 1. The Morgan fingerprint density at radius 3 is 2.71 bits per heavy atom. The van der Waals surface area contributed by atoms with E-state index in [0.717, 1.165) is 11.3 Å². The number of anilines is 1. The summed E-state index contributed by atoms with van der Waals surface area (Å²) >= 11 is 1.00. The Morgan fingerprint density at radius 1 is 1.65 bits per heavy atom. The molecule has 10 heteroatoms. The van der Waals surface area contributed by atoms with Crippen LogP contribution in [0.3, 0.4) is 0 Å². The number of aliphatic carboxylic acids is 1. The van der Waals surface area contributed by atoms with Gasteiger partial charge >= 0.3 is 12.3 Å². The summed E-state index contributed by atoms with van der Waals surface area (Å²) < 4.78 is 12.5. The zero-order chi connectivity index (χ0) is 13.0. The summed E-state index contributed by atoms with van der Waals surface area (Å²) in [6, 6.07) is 0. The fourth-order valence-corrected chi connectivity index (χ4v) is 1.31. The van der Waals surface area contributed by atoms with Crippen LogP contribution in [-0.2, 0) is 14.4 Å². The van der Waals surface area contributed by atoms with Crippen molar-refractivity contribution < 1.29 is 23.9 Å². The SMILES string of the molecule is NC(=O)/C(=N\OC(F)C(=O)O)c1csc(N)n1. The van der Waals surface area contributed by atoms with E-state index in [1.165, 1.54) is 5.38 Å². The number of hydrogen-bond donors (Lipinski definition) is 3. The van der Waals surface area contributed by atoms with Gasteiger partial charge in [0.15, 0.2) is 10.8 Å². The predicted molar refractivity (Wildman–Crippen MR) is 55.9 cm³/mol. The van der Waals surface area contributed by atoms with Gasteiger partial charge in [-0.1, -0.05) is 5.16 Å². The largest absolute Gasteiger partial charge is 0.476 e. The lowest BCUT2D eigenvalue weighted by Crippen LogP contribution is -2.26. The molecule has 1 heterocycles. The van der Waals surface area contributed by atoms with E-state index in [9.17, 15) is 14.0 Å². The van der Waals surface area contributed by atoms with Crippen LogP contribution in [0.4, 0.5) is 9.52 Å². The monoisotopic (exact) mass is 262 g/mol. The summed E-state index contributed by atoms with van der Waals surface area (Å²) in [6.07, 6.45) is -2.69. The molecule has 0 bridgehead atoms. The molecule has 0 fully saturated rings. The van der Waals surface area contributed by atoms with Gasteiger partial charge < -0.3 is 21.4 Å². The van der Waals surface area contributed by atoms with Crippen molar-refractivity contribution in [2.24, 2.45) is 10.9 Å². The highest BCUT2D eigenvalue weighted by Crippen LogP contribution is 2.12. The Morgan fingerprint density at radius 2 is 2.29 bits per heavy atom. The minimum Gasteiger partial charge on any atom is -0.476 e. The van der Waals surface area contributed by atoms with Crippen LogP contribution in [0.2, 0.25) is 0 Å². The molecule has 0 radical (unpaired) electrons. The molecule has 1 atom stereocenters. The number of halogens is 1. The third kappa shape index (κ3) is 3.38. The number of carbonyl (C=O) groups is 2. The molecule has 1 unspecified atom stereocenters. The summed E-state index contributed by atoms with van der Waals surface area (Å²) in [5.41, 5.74) is 9.73. The summed E-state index contributed by atoms with van der Waals surface area (Å²) in [7, 11) is 0. The van der Waals surface area contributed by atoms with Crippen LogP contribution in [-0.4, -0.2) is 34.0 Å². The standard InChI is InChI=1S/C7H7FN4O4S/c8-4(6(14)15)16-12-3(5(9)13)2-1-17-7(10)11-2/h1,4H,(H2,9,13)(H2,10,11)(H,14,15)/b12-3-. The van der Waals surface area contributed by atoms with Crippen LogP contribution in [0.25, 0.3) is 0 Å². The van der Waals surface area contributed by atoms with Gasteiger partial charge in [-0.15, -0.1) is 11.3 Å². The summed E-state index contributed by atoms with van der Waals surface area (Å²) in [6.45, 7) is 0. The number of carbonyl (C=O) groups excluding carboxylic acids is 1. The van der Waals surface area contributed by atoms with Crippen molar-refractivity contribution in [3.05, 3.63) is 11.1 Å². The molecule has 1 aromatic heterocycles. The van der Waals surface area contributed by atoms with E-state index in [-0.39, 0.29) is 10.8 Å². The minimum atomic E-state index is -2.69. The zero-order valence-electron chi connectivity index (χ0n) is 8.16. The van der Waals surface area contributed by atoms with Gasteiger partial charge in [0.1, 0.15) is 5.69 Å². The molecule has 0 saturated heterocycles. The van der Waals surface area contributed by atoms with E-state index in [1.54, 1.807) is 0 Å². The minimum absolute atomic E-state index is 0.0161. The van der Waals surface area contributed by atoms with Crippen molar-refractivity contribution in [3.8, 4) is 0 Å². The van der Waals surface area contributed by atoms with Gasteiger partial charge in [-0.3, -0.25) is 4.79 Å². The van der Waals surface area contributed by atoms with E-state index >= 15 is 0 Å². The fourth-order valence-electron chi connectivity index (χ4n) is 0.758. The number of carboxylic acids is 1. The first-order valence-corrected chi connectivity index (χ1v) is 4.91. The number of nitrogen functional groups attached to an aromatic ring is 1. The number of oxime groups is 1. The lowest BCUT2D eigenvalue weighted by atomic mass is 10.3. The Bertz CT molecular complexity index is 474. The molecule has 92 valence electrons. The summed E-state index contributed by atoms with van der Waals surface area (Å²) in [5, 5.41) is 12.7. The quantitative estimate of drug-likeness (QED) is 0.473. The van der Waals surface area contributed by atoms with E-state index in [4.69, 9.17) is 16.6 Å². The smallest absolute Gasteiger partial charge is 0.381 e. The van der Waals surface area contributed by atoms with E-state index < -0.39 is 23.9 Å². The van der Waals surface area contributed by atoms with Crippen LogP contribution < -0.4 is 11.5 Å². The first-order chi connectivity index (χ1) is 7.91.